The van der Waals surface area contributed by atoms with Gasteiger partial charge in [0.05, 0.1) is 7.11 Å². The van der Waals surface area contributed by atoms with Gasteiger partial charge in [0.1, 0.15) is 5.75 Å². The monoisotopic (exact) mass is 285 g/mol. The summed E-state index contributed by atoms with van der Waals surface area (Å²) in [4.78, 5) is 0. The smallest absolute Gasteiger partial charge is 0.119 e. The molecule has 0 heterocycles. The maximum Gasteiger partial charge on any atom is 0.119 e. The van der Waals surface area contributed by atoms with Crippen LogP contribution in [0.5, 0.6) is 5.75 Å². The second-order valence-corrected chi connectivity index (χ2v) is 7.71. The number of rotatable bonds is 1. The molecular formula is C19H27NO. The Bertz CT molecular complexity index is 554. The minimum Gasteiger partial charge on any atom is -0.497 e. The predicted octanol–water partition coefficient (Wildman–Crippen LogP) is 3.88. The van der Waals surface area contributed by atoms with Crippen LogP contribution >= 0.6 is 0 Å². The van der Waals surface area contributed by atoms with Crippen molar-refractivity contribution in [3.63, 3.8) is 0 Å². The van der Waals surface area contributed by atoms with Gasteiger partial charge in [-0.1, -0.05) is 13.0 Å². The highest BCUT2D eigenvalue weighted by Gasteiger charge is 2.53. The largest absolute Gasteiger partial charge is 0.497 e. The van der Waals surface area contributed by atoms with Crippen molar-refractivity contribution in [3.05, 3.63) is 29.3 Å². The summed E-state index contributed by atoms with van der Waals surface area (Å²) in [5.74, 6) is 3.48. The van der Waals surface area contributed by atoms with E-state index in [9.17, 15) is 0 Å². The molecule has 114 valence electrons. The number of hydrogen-bond acceptors (Lipinski definition) is 2. The maximum atomic E-state index is 6.46. The zero-order valence-corrected chi connectivity index (χ0v) is 13.3. The Kier molecular flexibility index (Phi) is 3.08. The number of ether oxygens (including phenoxy) is 1. The van der Waals surface area contributed by atoms with Gasteiger partial charge in [-0.25, -0.2) is 0 Å². The Morgan fingerprint density at radius 3 is 2.86 bits per heavy atom. The van der Waals surface area contributed by atoms with E-state index in [2.05, 4.69) is 25.1 Å². The first-order chi connectivity index (χ1) is 10.1. The molecule has 5 unspecified atom stereocenters. The van der Waals surface area contributed by atoms with E-state index in [1.165, 1.54) is 44.1 Å². The Morgan fingerprint density at radius 1 is 1.19 bits per heavy atom. The van der Waals surface area contributed by atoms with Crippen molar-refractivity contribution in [2.75, 3.05) is 7.11 Å². The van der Waals surface area contributed by atoms with Crippen LogP contribution in [-0.2, 0) is 6.42 Å². The van der Waals surface area contributed by atoms with Crippen LogP contribution < -0.4 is 10.5 Å². The van der Waals surface area contributed by atoms with Crippen molar-refractivity contribution in [2.24, 2.45) is 23.0 Å². The fourth-order valence-corrected chi connectivity index (χ4v) is 5.73. The van der Waals surface area contributed by atoms with E-state index in [1.807, 2.05) is 0 Å². The lowest BCUT2D eigenvalue weighted by Gasteiger charge is -2.50. The van der Waals surface area contributed by atoms with Crippen LogP contribution in [0.15, 0.2) is 18.2 Å². The molecule has 1 aromatic rings. The molecule has 3 aliphatic carbocycles. The summed E-state index contributed by atoms with van der Waals surface area (Å²) in [7, 11) is 1.76. The molecule has 2 fully saturated rings. The standard InChI is InChI=1S/C19H27NO/c1-19-10-9-15-14-6-4-13(21-2)11-12(14)3-5-16(15)17(19)7-8-18(19)20/h4,6,11,15-18H,3,5,7-10,20H2,1-2H3. The van der Waals surface area contributed by atoms with Gasteiger partial charge in [0.25, 0.3) is 0 Å². The third-order valence-corrected chi connectivity index (χ3v) is 7.01. The van der Waals surface area contributed by atoms with Gasteiger partial charge in [-0.15, -0.1) is 0 Å². The molecule has 0 aromatic heterocycles. The second kappa shape index (κ2) is 4.74. The molecule has 4 rings (SSSR count). The molecule has 2 saturated carbocycles. The van der Waals surface area contributed by atoms with Crippen LogP contribution in [0.25, 0.3) is 0 Å². The van der Waals surface area contributed by atoms with Gasteiger partial charge in [-0.05, 0) is 85.0 Å². The molecule has 2 heteroatoms. The molecule has 1 aromatic carbocycles. The van der Waals surface area contributed by atoms with Crippen LogP contribution in [0.4, 0.5) is 0 Å². The lowest BCUT2D eigenvalue weighted by Crippen LogP contribution is -2.46. The van der Waals surface area contributed by atoms with Gasteiger partial charge in [0, 0.05) is 6.04 Å². The molecule has 0 aliphatic heterocycles. The van der Waals surface area contributed by atoms with Crippen LogP contribution in [0.2, 0.25) is 0 Å². The van der Waals surface area contributed by atoms with Crippen LogP contribution in [-0.4, -0.2) is 13.2 Å². The lowest BCUT2D eigenvalue weighted by atomic mass is 9.55. The Hall–Kier alpha value is -1.02. The predicted molar refractivity (Wildman–Crippen MR) is 85.6 cm³/mol. The van der Waals surface area contributed by atoms with E-state index < -0.39 is 0 Å². The van der Waals surface area contributed by atoms with Crippen LogP contribution in [0, 0.1) is 17.3 Å². The van der Waals surface area contributed by atoms with Gasteiger partial charge in [0.15, 0.2) is 0 Å². The average Bonchev–Trinajstić information content (AvgIpc) is 2.82. The van der Waals surface area contributed by atoms with Crippen molar-refractivity contribution in [2.45, 2.75) is 57.4 Å². The number of methoxy groups -OCH3 is 1. The molecule has 0 saturated heterocycles. The molecule has 0 amide bonds. The van der Waals surface area contributed by atoms with Crippen LogP contribution in [0.3, 0.4) is 0 Å². The number of hydrogen-bond donors (Lipinski definition) is 1. The van der Waals surface area contributed by atoms with Crippen molar-refractivity contribution in [3.8, 4) is 5.75 Å². The lowest BCUT2D eigenvalue weighted by molar-refractivity contribution is 0.0496. The van der Waals surface area contributed by atoms with E-state index in [0.29, 0.717) is 11.5 Å². The SMILES string of the molecule is COc1ccc2c(c1)CCC1C2CCC2(C)C(N)CCC12. The van der Waals surface area contributed by atoms with E-state index in [0.717, 1.165) is 23.5 Å². The van der Waals surface area contributed by atoms with E-state index in [-0.39, 0.29) is 0 Å². The highest BCUT2D eigenvalue weighted by atomic mass is 16.5. The summed E-state index contributed by atoms with van der Waals surface area (Å²) in [6.07, 6.45) is 7.79. The third-order valence-electron chi connectivity index (χ3n) is 7.01. The molecule has 2 nitrogen and oxygen atoms in total. The third kappa shape index (κ3) is 1.88. The first-order valence-electron chi connectivity index (χ1n) is 8.56. The normalized spacial score (nSPS) is 41.1. The summed E-state index contributed by atoms with van der Waals surface area (Å²) >= 11 is 0. The van der Waals surface area contributed by atoms with E-state index in [1.54, 1.807) is 12.7 Å². The highest BCUT2D eigenvalue weighted by Crippen LogP contribution is 2.60. The van der Waals surface area contributed by atoms with Crippen molar-refractivity contribution in [1.29, 1.82) is 0 Å². The van der Waals surface area contributed by atoms with Crippen molar-refractivity contribution >= 4 is 0 Å². The minimum absolute atomic E-state index is 0.408. The second-order valence-electron chi connectivity index (χ2n) is 7.71. The van der Waals surface area contributed by atoms with Crippen LogP contribution in [0.1, 0.15) is 56.1 Å². The first-order valence-corrected chi connectivity index (χ1v) is 8.56. The zero-order chi connectivity index (χ0) is 14.6. The topological polar surface area (TPSA) is 35.2 Å². The summed E-state index contributed by atoms with van der Waals surface area (Å²) < 4.78 is 5.40. The van der Waals surface area contributed by atoms with Gasteiger partial charge < -0.3 is 10.5 Å². The number of fused-ring (bicyclic) bond motifs is 5. The van der Waals surface area contributed by atoms with E-state index >= 15 is 0 Å². The molecule has 0 radical (unpaired) electrons. The average molecular weight is 285 g/mol. The minimum atomic E-state index is 0.408. The molecule has 0 spiro atoms. The van der Waals surface area contributed by atoms with Gasteiger partial charge in [-0.2, -0.15) is 0 Å². The maximum absolute atomic E-state index is 6.46. The summed E-state index contributed by atoms with van der Waals surface area (Å²) in [6, 6.07) is 7.18. The molecule has 5 atom stereocenters. The number of aryl methyl sites for hydroxylation is 1. The summed E-state index contributed by atoms with van der Waals surface area (Å²) in [5, 5.41) is 0. The molecule has 3 aliphatic rings. The summed E-state index contributed by atoms with van der Waals surface area (Å²) in [6.45, 7) is 2.47. The Morgan fingerprint density at radius 2 is 2.05 bits per heavy atom. The fourth-order valence-electron chi connectivity index (χ4n) is 5.73. The van der Waals surface area contributed by atoms with Crippen molar-refractivity contribution in [1.82, 2.24) is 0 Å². The van der Waals surface area contributed by atoms with Gasteiger partial charge in [0.2, 0.25) is 0 Å². The zero-order valence-electron chi connectivity index (χ0n) is 13.3. The molecule has 21 heavy (non-hydrogen) atoms. The Labute approximate surface area is 128 Å². The number of nitrogens with two attached hydrogens (primary N) is 1. The summed E-state index contributed by atoms with van der Waals surface area (Å²) in [5.41, 5.74) is 10.0. The molecular weight excluding hydrogens is 258 g/mol. The van der Waals surface area contributed by atoms with Gasteiger partial charge in [-0.3, -0.25) is 0 Å². The fraction of sp³-hybridized carbons (Fsp3) is 0.684. The molecule has 2 N–H and O–H groups in total. The van der Waals surface area contributed by atoms with E-state index in [4.69, 9.17) is 10.5 Å². The number of benzene rings is 1. The molecule has 0 bridgehead atoms. The highest BCUT2D eigenvalue weighted by molar-refractivity contribution is 5.40. The quantitative estimate of drug-likeness (QED) is 0.850. The van der Waals surface area contributed by atoms with Crippen molar-refractivity contribution < 1.29 is 4.74 Å². The Balaban J connectivity index is 1.68. The first kappa shape index (κ1) is 13.6. The van der Waals surface area contributed by atoms with Gasteiger partial charge >= 0.3 is 0 Å².